The van der Waals surface area contributed by atoms with Gasteiger partial charge in [-0.3, -0.25) is 0 Å². The number of aliphatic hydroxyl groups is 1. The topological polar surface area (TPSA) is 29.5 Å². The minimum Gasteiger partial charge on any atom is -0.493 e. The van der Waals surface area contributed by atoms with Crippen molar-refractivity contribution in [2.45, 2.75) is 12.8 Å². The van der Waals surface area contributed by atoms with Crippen molar-refractivity contribution in [3.63, 3.8) is 0 Å². The summed E-state index contributed by atoms with van der Waals surface area (Å²) >= 11 is 0. The van der Waals surface area contributed by atoms with Gasteiger partial charge in [-0.25, -0.2) is 0 Å². The largest absolute Gasteiger partial charge is 0.493 e. The summed E-state index contributed by atoms with van der Waals surface area (Å²) in [4.78, 5) is 0. The number of aliphatic hydroxyl groups excluding tert-OH is 1. The fourth-order valence-corrected chi connectivity index (χ4v) is 2.53. The zero-order valence-corrected chi connectivity index (χ0v) is 8.07. The van der Waals surface area contributed by atoms with E-state index in [0.717, 1.165) is 25.2 Å². The smallest absolute Gasteiger partial charge is 0.122 e. The van der Waals surface area contributed by atoms with Crippen LogP contribution in [0, 0.1) is 11.3 Å². The maximum absolute atomic E-state index is 9.12. The van der Waals surface area contributed by atoms with Gasteiger partial charge in [0.25, 0.3) is 0 Å². The van der Waals surface area contributed by atoms with E-state index in [2.05, 4.69) is 12.1 Å². The van der Waals surface area contributed by atoms with Crippen molar-refractivity contribution in [1.29, 1.82) is 0 Å². The van der Waals surface area contributed by atoms with Crippen molar-refractivity contribution in [2.75, 3.05) is 13.2 Å². The molecule has 0 aromatic heterocycles. The third-order valence-electron chi connectivity index (χ3n) is 3.61. The first-order chi connectivity index (χ1) is 6.84. The standard InChI is InChI=1S/C12H14O2/c13-7-10-6-12(10)5-9-3-1-2-4-11(9)14-8-12/h1-4,10,13H,5-8H2. The molecule has 2 nitrogen and oxygen atoms in total. The van der Waals surface area contributed by atoms with E-state index in [0.29, 0.717) is 12.5 Å². The van der Waals surface area contributed by atoms with Crippen molar-refractivity contribution in [3.8, 4) is 5.75 Å². The van der Waals surface area contributed by atoms with Gasteiger partial charge in [-0.05, 0) is 30.4 Å². The highest BCUT2D eigenvalue weighted by molar-refractivity contribution is 5.37. The Hall–Kier alpha value is -1.02. The second kappa shape index (κ2) is 2.74. The normalized spacial score (nSPS) is 33.6. The van der Waals surface area contributed by atoms with Crippen LogP contribution in [0.1, 0.15) is 12.0 Å². The molecule has 1 saturated carbocycles. The molecular formula is C12H14O2. The average molecular weight is 190 g/mol. The molecule has 1 fully saturated rings. The fraction of sp³-hybridized carbons (Fsp3) is 0.500. The van der Waals surface area contributed by atoms with E-state index in [1.165, 1.54) is 5.56 Å². The van der Waals surface area contributed by atoms with E-state index < -0.39 is 0 Å². The van der Waals surface area contributed by atoms with Gasteiger partial charge in [-0.15, -0.1) is 0 Å². The van der Waals surface area contributed by atoms with Crippen molar-refractivity contribution in [2.24, 2.45) is 11.3 Å². The summed E-state index contributed by atoms with van der Waals surface area (Å²) in [5, 5.41) is 9.12. The molecule has 74 valence electrons. The first-order valence-electron chi connectivity index (χ1n) is 5.16. The van der Waals surface area contributed by atoms with Crippen LogP contribution < -0.4 is 4.74 Å². The molecule has 0 radical (unpaired) electrons. The zero-order valence-electron chi connectivity index (χ0n) is 8.07. The van der Waals surface area contributed by atoms with Crippen LogP contribution >= 0.6 is 0 Å². The van der Waals surface area contributed by atoms with Gasteiger partial charge in [0, 0.05) is 12.0 Å². The minimum absolute atomic E-state index is 0.267. The van der Waals surface area contributed by atoms with Gasteiger partial charge in [0.15, 0.2) is 0 Å². The summed E-state index contributed by atoms with van der Waals surface area (Å²) in [6.45, 7) is 1.10. The monoisotopic (exact) mass is 190 g/mol. The number of benzene rings is 1. The summed E-state index contributed by atoms with van der Waals surface area (Å²) in [6.07, 6.45) is 2.20. The molecule has 2 heteroatoms. The molecule has 2 unspecified atom stereocenters. The van der Waals surface area contributed by atoms with Crippen LogP contribution in [0.25, 0.3) is 0 Å². The summed E-state index contributed by atoms with van der Waals surface area (Å²) in [6, 6.07) is 8.21. The highest BCUT2D eigenvalue weighted by atomic mass is 16.5. The molecular weight excluding hydrogens is 176 g/mol. The molecule has 1 heterocycles. The number of hydrogen-bond donors (Lipinski definition) is 1. The van der Waals surface area contributed by atoms with Gasteiger partial charge in [0.05, 0.1) is 6.61 Å². The molecule has 1 spiro atoms. The molecule has 1 aromatic carbocycles. The Morgan fingerprint density at radius 3 is 3.07 bits per heavy atom. The predicted molar refractivity (Wildman–Crippen MR) is 53.3 cm³/mol. The Balaban J connectivity index is 1.88. The summed E-state index contributed by atoms with van der Waals surface area (Å²) in [5.74, 6) is 1.50. The highest BCUT2D eigenvalue weighted by Gasteiger charge is 2.55. The first-order valence-corrected chi connectivity index (χ1v) is 5.16. The lowest BCUT2D eigenvalue weighted by molar-refractivity contribution is 0.168. The van der Waals surface area contributed by atoms with E-state index in [-0.39, 0.29) is 5.41 Å². The van der Waals surface area contributed by atoms with Gasteiger partial charge in [0.1, 0.15) is 5.75 Å². The minimum atomic E-state index is 0.267. The number of ether oxygens (including phenoxy) is 1. The van der Waals surface area contributed by atoms with Crippen molar-refractivity contribution in [3.05, 3.63) is 29.8 Å². The van der Waals surface area contributed by atoms with Gasteiger partial charge in [-0.1, -0.05) is 18.2 Å². The van der Waals surface area contributed by atoms with E-state index in [9.17, 15) is 0 Å². The van der Waals surface area contributed by atoms with Gasteiger partial charge >= 0.3 is 0 Å². The molecule has 2 aliphatic rings. The molecule has 0 bridgehead atoms. The maximum Gasteiger partial charge on any atom is 0.122 e. The van der Waals surface area contributed by atoms with E-state index in [1.807, 2.05) is 12.1 Å². The van der Waals surface area contributed by atoms with E-state index in [1.54, 1.807) is 0 Å². The Labute approximate surface area is 83.5 Å². The number of hydrogen-bond acceptors (Lipinski definition) is 2. The number of fused-ring (bicyclic) bond motifs is 1. The maximum atomic E-state index is 9.12. The first kappa shape index (κ1) is 8.30. The molecule has 2 atom stereocenters. The molecule has 1 N–H and O–H groups in total. The lowest BCUT2D eigenvalue weighted by Gasteiger charge is -2.25. The highest BCUT2D eigenvalue weighted by Crippen LogP contribution is 2.57. The van der Waals surface area contributed by atoms with Crippen LogP contribution in [0.4, 0.5) is 0 Å². The van der Waals surface area contributed by atoms with Crippen LogP contribution in [0.3, 0.4) is 0 Å². The number of para-hydroxylation sites is 1. The fourth-order valence-electron chi connectivity index (χ4n) is 2.53. The number of rotatable bonds is 1. The van der Waals surface area contributed by atoms with E-state index in [4.69, 9.17) is 9.84 Å². The van der Waals surface area contributed by atoms with Crippen LogP contribution in [0.5, 0.6) is 5.75 Å². The molecule has 1 aliphatic heterocycles. The summed E-state index contributed by atoms with van der Waals surface area (Å²) < 4.78 is 5.72. The molecule has 14 heavy (non-hydrogen) atoms. The van der Waals surface area contributed by atoms with Crippen molar-refractivity contribution in [1.82, 2.24) is 0 Å². The van der Waals surface area contributed by atoms with Crippen LogP contribution in [0.2, 0.25) is 0 Å². The Morgan fingerprint density at radius 2 is 2.29 bits per heavy atom. The second-order valence-corrected chi connectivity index (χ2v) is 4.52. The van der Waals surface area contributed by atoms with Crippen LogP contribution in [-0.2, 0) is 6.42 Å². The molecule has 0 amide bonds. The zero-order chi connectivity index (χ0) is 9.60. The van der Waals surface area contributed by atoms with Crippen molar-refractivity contribution >= 4 is 0 Å². The summed E-state index contributed by atoms with van der Waals surface area (Å²) in [7, 11) is 0. The quantitative estimate of drug-likeness (QED) is 0.729. The molecule has 1 aliphatic carbocycles. The van der Waals surface area contributed by atoms with Crippen LogP contribution in [-0.4, -0.2) is 18.3 Å². The lowest BCUT2D eigenvalue weighted by atomic mass is 9.92. The predicted octanol–water partition coefficient (Wildman–Crippen LogP) is 1.62. The SMILES string of the molecule is OCC1CC12COc1ccccc1C2. The van der Waals surface area contributed by atoms with Gasteiger partial charge < -0.3 is 9.84 Å². The molecule has 1 aromatic rings. The molecule has 0 saturated heterocycles. The molecule has 3 rings (SSSR count). The van der Waals surface area contributed by atoms with Gasteiger partial charge in [0.2, 0.25) is 0 Å². The third kappa shape index (κ3) is 1.07. The second-order valence-electron chi connectivity index (χ2n) is 4.52. The Kier molecular flexibility index (Phi) is 1.62. The van der Waals surface area contributed by atoms with Gasteiger partial charge in [-0.2, -0.15) is 0 Å². The Bertz CT molecular complexity index is 361. The van der Waals surface area contributed by atoms with E-state index >= 15 is 0 Å². The Morgan fingerprint density at radius 1 is 1.43 bits per heavy atom. The lowest BCUT2D eigenvalue weighted by Crippen LogP contribution is -2.24. The van der Waals surface area contributed by atoms with Crippen molar-refractivity contribution < 1.29 is 9.84 Å². The average Bonchev–Trinajstić information content (AvgIpc) is 2.91. The third-order valence-corrected chi connectivity index (χ3v) is 3.61. The van der Waals surface area contributed by atoms with Crippen LogP contribution in [0.15, 0.2) is 24.3 Å². The summed E-state index contributed by atoms with van der Waals surface area (Å²) in [5.41, 5.74) is 1.57.